The van der Waals surface area contributed by atoms with Crippen molar-refractivity contribution in [1.82, 2.24) is 10.2 Å². The smallest absolute Gasteiger partial charge is 0.237 e. The van der Waals surface area contributed by atoms with Gasteiger partial charge in [0.05, 0.1) is 5.75 Å². The van der Waals surface area contributed by atoms with Crippen molar-refractivity contribution in [2.24, 2.45) is 0 Å². The summed E-state index contributed by atoms with van der Waals surface area (Å²) in [5.41, 5.74) is 4.58. The Labute approximate surface area is 166 Å². The number of anilines is 3. The first-order valence-electron chi connectivity index (χ1n) is 8.93. The molecule has 0 saturated carbocycles. The van der Waals surface area contributed by atoms with E-state index in [0.717, 1.165) is 40.2 Å². The quantitative estimate of drug-likeness (QED) is 0.621. The Balaban J connectivity index is 1.33. The zero-order valence-electron chi connectivity index (χ0n) is 15.0. The van der Waals surface area contributed by atoms with E-state index in [9.17, 15) is 4.79 Å². The number of hydrogen-bond acceptors (Lipinski definition) is 6. The van der Waals surface area contributed by atoms with Crippen molar-refractivity contribution < 1.29 is 4.79 Å². The van der Waals surface area contributed by atoms with Crippen LogP contribution in [0.25, 0.3) is 0 Å². The highest BCUT2D eigenvalue weighted by Gasteiger charge is 2.24. The Kier molecular flexibility index (Phi) is 5.40. The van der Waals surface area contributed by atoms with E-state index < -0.39 is 0 Å². The van der Waals surface area contributed by atoms with E-state index in [0.29, 0.717) is 5.75 Å². The number of nitrogens with one attached hydrogen (secondary N) is 1. The molecular formula is C20H20N4OS2. The van der Waals surface area contributed by atoms with E-state index in [4.69, 9.17) is 0 Å². The number of carbonyl (C=O) groups is 1. The topological polar surface area (TPSA) is 58.1 Å². The highest BCUT2D eigenvalue weighted by Crippen LogP contribution is 2.31. The number of nitrogens with zero attached hydrogens (tertiary/aromatic N) is 3. The third kappa shape index (κ3) is 4.14. The van der Waals surface area contributed by atoms with Gasteiger partial charge in [-0.05, 0) is 42.2 Å². The Hall–Kier alpha value is -2.38. The summed E-state index contributed by atoms with van der Waals surface area (Å²) in [5.74, 6) is 0.485. The maximum atomic E-state index is 12.6. The summed E-state index contributed by atoms with van der Waals surface area (Å²) >= 11 is 2.91. The maximum Gasteiger partial charge on any atom is 0.237 e. The molecule has 4 rings (SSSR count). The molecule has 1 amide bonds. The molecule has 1 N–H and O–H groups in total. The summed E-state index contributed by atoms with van der Waals surface area (Å²) in [5, 5.41) is 12.4. The van der Waals surface area contributed by atoms with Crippen molar-refractivity contribution in [2.45, 2.75) is 24.1 Å². The van der Waals surface area contributed by atoms with Crippen LogP contribution in [-0.2, 0) is 17.6 Å². The van der Waals surface area contributed by atoms with Gasteiger partial charge in [-0.3, -0.25) is 4.79 Å². The van der Waals surface area contributed by atoms with Crippen LogP contribution in [0.2, 0.25) is 0 Å². The average molecular weight is 397 g/mol. The number of para-hydroxylation sites is 1. The first-order chi connectivity index (χ1) is 13.2. The number of aryl methyl sites for hydroxylation is 1. The van der Waals surface area contributed by atoms with Crippen LogP contribution in [0.15, 0.2) is 52.9 Å². The van der Waals surface area contributed by atoms with Gasteiger partial charge in [-0.2, -0.15) is 0 Å². The minimum Gasteiger partial charge on any atom is -0.330 e. The first-order valence-corrected chi connectivity index (χ1v) is 10.7. The number of rotatable bonds is 6. The van der Waals surface area contributed by atoms with Crippen LogP contribution in [0.4, 0.5) is 16.5 Å². The van der Waals surface area contributed by atoms with Crippen LogP contribution in [0.5, 0.6) is 0 Å². The zero-order chi connectivity index (χ0) is 18.6. The Morgan fingerprint density at radius 1 is 1.19 bits per heavy atom. The number of benzene rings is 2. The fourth-order valence-corrected chi connectivity index (χ4v) is 4.71. The summed E-state index contributed by atoms with van der Waals surface area (Å²) in [6, 6.07) is 16.4. The maximum absolute atomic E-state index is 12.6. The molecule has 0 aliphatic carbocycles. The molecule has 138 valence electrons. The molecule has 27 heavy (non-hydrogen) atoms. The molecule has 0 bridgehead atoms. The highest BCUT2D eigenvalue weighted by molar-refractivity contribution is 8.01. The van der Waals surface area contributed by atoms with Crippen molar-refractivity contribution in [3.05, 3.63) is 59.7 Å². The van der Waals surface area contributed by atoms with Gasteiger partial charge in [-0.1, -0.05) is 60.4 Å². The van der Waals surface area contributed by atoms with Crippen molar-refractivity contribution in [2.75, 3.05) is 22.5 Å². The second-order valence-electron chi connectivity index (χ2n) is 6.26. The van der Waals surface area contributed by atoms with Crippen LogP contribution in [-0.4, -0.2) is 28.4 Å². The number of carbonyl (C=O) groups excluding carboxylic acids is 1. The summed E-state index contributed by atoms with van der Waals surface area (Å²) < 4.78 is 0.795. The lowest BCUT2D eigenvalue weighted by molar-refractivity contribution is -0.116. The van der Waals surface area contributed by atoms with Gasteiger partial charge in [0, 0.05) is 17.9 Å². The van der Waals surface area contributed by atoms with Gasteiger partial charge >= 0.3 is 0 Å². The van der Waals surface area contributed by atoms with Crippen molar-refractivity contribution in [1.29, 1.82) is 0 Å². The van der Waals surface area contributed by atoms with Crippen LogP contribution >= 0.6 is 23.1 Å². The number of hydrogen-bond donors (Lipinski definition) is 1. The predicted octanol–water partition coefficient (Wildman–Crippen LogP) is 4.53. The lowest BCUT2D eigenvalue weighted by Crippen LogP contribution is -2.30. The fourth-order valence-electron chi connectivity index (χ4n) is 3.06. The van der Waals surface area contributed by atoms with Crippen molar-refractivity contribution in [3.63, 3.8) is 0 Å². The lowest BCUT2D eigenvalue weighted by Gasteiger charge is -2.16. The third-order valence-electron chi connectivity index (χ3n) is 4.53. The zero-order valence-corrected chi connectivity index (χ0v) is 16.6. The monoisotopic (exact) mass is 396 g/mol. The Morgan fingerprint density at radius 2 is 2.00 bits per heavy atom. The number of amides is 1. The standard InChI is InChI=1S/C20H20N4OS2/c1-2-14-7-9-16(10-8-14)21-19-22-23-20(27-19)26-13-18(25)24-12-11-15-5-3-4-6-17(15)24/h3-10H,2,11-13H2,1H3,(H,21,22). The normalized spacial score (nSPS) is 12.9. The van der Waals surface area contributed by atoms with E-state index in [1.807, 2.05) is 35.2 Å². The van der Waals surface area contributed by atoms with Crippen molar-refractivity contribution >= 4 is 45.5 Å². The molecule has 5 nitrogen and oxygen atoms in total. The van der Waals surface area contributed by atoms with E-state index in [-0.39, 0.29) is 5.91 Å². The summed E-state index contributed by atoms with van der Waals surface area (Å²) in [6.45, 7) is 2.90. The van der Waals surface area contributed by atoms with Gasteiger partial charge in [-0.15, -0.1) is 10.2 Å². The van der Waals surface area contributed by atoms with E-state index in [1.165, 1.54) is 34.2 Å². The first kappa shape index (κ1) is 18.0. The van der Waals surface area contributed by atoms with Crippen molar-refractivity contribution in [3.8, 4) is 0 Å². The molecule has 1 aliphatic heterocycles. The number of fused-ring (bicyclic) bond motifs is 1. The summed E-state index contributed by atoms with van der Waals surface area (Å²) in [4.78, 5) is 14.5. The largest absolute Gasteiger partial charge is 0.330 e. The summed E-state index contributed by atoms with van der Waals surface area (Å²) in [6.07, 6.45) is 1.95. The molecule has 1 aromatic heterocycles. The molecule has 0 fully saturated rings. The molecule has 1 aliphatic rings. The van der Waals surface area contributed by atoms with Gasteiger partial charge in [0.2, 0.25) is 11.0 Å². The van der Waals surface area contributed by atoms with Gasteiger partial charge < -0.3 is 10.2 Å². The SMILES string of the molecule is CCc1ccc(Nc2nnc(SCC(=O)N3CCc4ccccc43)s2)cc1. The molecule has 2 aromatic carbocycles. The van der Waals surface area contributed by atoms with E-state index >= 15 is 0 Å². The van der Waals surface area contributed by atoms with E-state index in [2.05, 4.69) is 40.6 Å². The minimum absolute atomic E-state index is 0.116. The van der Waals surface area contributed by atoms with Crippen LogP contribution in [0.1, 0.15) is 18.1 Å². The minimum atomic E-state index is 0.116. The van der Waals surface area contributed by atoms with Gasteiger partial charge in [-0.25, -0.2) is 0 Å². The molecule has 7 heteroatoms. The number of aromatic nitrogens is 2. The summed E-state index contributed by atoms with van der Waals surface area (Å²) in [7, 11) is 0. The van der Waals surface area contributed by atoms with Crippen LogP contribution in [0, 0.1) is 0 Å². The number of thioether (sulfide) groups is 1. The lowest BCUT2D eigenvalue weighted by atomic mass is 10.1. The molecule has 3 aromatic rings. The molecule has 0 unspecified atom stereocenters. The Morgan fingerprint density at radius 3 is 2.81 bits per heavy atom. The molecule has 0 radical (unpaired) electrons. The fraction of sp³-hybridized carbons (Fsp3) is 0.250. The van der Waals surface area contributed by atoms with Gasteiger partial charge in [0.1, 0.15) is 0 Å². The molecule has 0 spiro atoms. The van der Waals surface area contributed by atoms with Crippen LogP contribution < -0.4 is 10.2 Å². The van der Waals surface area contributed by atoms with Crippen LogP contribution in [0.3, 0.4) is 0 Å². The van der Waals surface area contributed by atoms with Gasteiger partial charge in [0.25, 0.3) is 0 Å². The molecule has 0 atom stereocenters. The second-order valence-corrected chi connectivity index (χ2v) is 8.46. The average Bonchev–Trinajstić information content (AvgIpc) is 3.33. The molecule has 2 heterocycles. The molecule has 0 saturated heterocycles. The molecular weight excluding hydrogens is 376 g/mol. The second kappa shape index (κ2) is 8.10. The predicted molar refractivity (Wildman–Crippen MR) is 112 cm³/mol. The van der Waals surface area contributed by atoms with E-state index in [1.54, 1.807) is 0 Å². The highest BCUT2D eigenvalue weighted by atomic mass is 32.2. The van der Waals surface area contributed by atoms with Gasteiger partial charge in [0.15, 0.2) is 4.34 Å². The third-order valence-corrected chi connectivity index (χ3v) is 6.48. The Bertz CT molecular complexity index is 939.